The van der Waals surface area contributed by atoms with E-state index in [9.17, 15) is 4.79 Å². The molecule has 1 aromatic carbocycles. The van der Waals surface area contributed by atoms with Gasteiger partial charge in [-0.3, -0.25) is 4.79 Å². The molecule has 0 aromatic heterocycles. The van der Waals surface area contributed by atoms with Crippen molar-refractivity contribution in [1.29, 1.82) is 0 Å². The first kappa shape index (κ1) is 11.7. The van der Waals surface area contributed by atoms with Gasteiger partial charge >= 0.3 is 0 Å². The molecule has 0 amide bonds. The molecule has 5 heteroatoms. The molecule has 0 bridgehead atoms. The number of rotatable bonds is 2. The Kier molecular flexibility index (Phi) is 4.42. The van der Waals surface area contributed by atoms with E-state index < -0.39 is 0 Å². The van der Waals surface area contributed by atoms with E-state index in [1.165, 1.54) is 0 Å². The molecular formula is C8H4Br3ClO. The first-order chi connectivity index (χ1) is 6.06. The van der Waals surface area contributed by atoms with Gasteiger partial charge in [-0.1, -0.05) is 27.5 Å². The number of hydrogen-bond acceptors (Lipinski definition) is 1. The topological polar surface area (TPSA) is 17.1 Å². The van der Waals surface area contributed by atoms with Crippen LogP contribution in [0.25, 0.3) is 0 Å². The van der Waals surface area contributed by atoms with Crippen LogP contribution in [0.5, 0.6) is 0 Å². The first-order valence-electron chi connectivity index (χ1n) is 3.30. The maximum absolute atomic E-state index is 11.4. The van der Waals surface area contributed by atoms with E-state index >= 15 is 0 Å². The van der Waals surface area contributed by atoms with E-state index in [0.717, 1.165) is 0 Å². The van der Waals surface area contributed by atoms with Crippen molar-refractivity contribution in [3.63, 3.8) is 0 Å². The number of benzene rings is 1. The number of halogens is 4. The summed E-state index contributed by atoms with van der Waals surface area (Å²) in [4.78, 5) is 11.4. The number of Topliss-reactive ketones (excluding diaryl/α,β-unsaturated/α-hetero) is 1. The Morgan fingerprint density at radius 1 is 1.31 bits per heavy atom. The van der Waals surface area contributed by atoms with E-state index in [-0.39, 0.29) is 5.78 Å². The van der Waals surface area contributed by atoms with Crippen molar-refractivity contribution >= 4 is 65.2 Å². The standard InChI is InChI=1S/C8H4Br3ClO/c9-3-7(13)8-5(10)1-4(12)2-6(8)11/h1-2H,3H2. The van der Waals surface area contributed by atoms with Gasteiger partial charge in [0.05, 0.1) is 5.33 Å². The fourth-order valence-electron chi connectivity index (χ4n) is 0.875. The molecule has 0 saturated carbocycles. The molecule has 1 aromatic rings. The lowest BCUT2D eigenvalue weighted by atomic mass is 10.1. The Balaban J connectivity index is 3.28. The second-order valence-corrected chi connectivity index (χ2v) is 5.01. The number of carbonyl (C=O) groups is 1. The summed E-state index contributed by atoms with van der Waals surface area (Å²) in [6.07, 6.45) is 0. The van der Waals surface area contributed by atoms with Crippen LogP contribution in [0, 0.1) is 0 Å². The van der Waals surface area contributed by atoms with Crippen LogP contribution in [0.2, 0.25) is 5.02 Å². The molecule has 0 aliphatic carbocycles. The SMILES string of the molecule is O=C(CBr)c1c(Br)cc(Cl)cc1Br. The molecule has 70 valence electrons. The highest BCUT2D eigenvalue weighted by atomic mass is 79.9. The Morgan fingerprint density at radius 2 is 1.77 bits per heavy atom. The third-order valence-corrected chi connectivity index (χ3v) is 3.39. The molecule has 0 heterocycles. The fraction of sp³-hybridized carbons (Fsp3) is 0.125. The van der Waals surface area contributed by atoms with Crippen LogP contribution in [0.3, 0.4) is 0 Å². The van der Waals surface area contributed by atoms with Crippen molar-refractivity contribution in [3.05, 3.63) is 31.7 Å². The number of hydrogen-bond donors (Lipinski definition) is 0. The average molecular weight is 391 g/mol. The predicted molar refractivity (Wildman–Crippen MR) is 65.0 cm³/mol. The van der Waals surface area contributed by atoms with Crippen LogP contribution in [0.1, 0.15) is 10.4 Å². The summed E-state index contributed by atoms with van der Waals surface area (Å²) in [6, 6.07) is 3.39. The van der Waals surface area contributed by atoms with Crippen molar-refractivity contribution < 1.29 is 4.79 Å². The van der Waals surface area contributed by atoms with E-state index in [0.29, 0.717) is 24.9 Å². The zero-order valence-corrected chi connectivity index (χ0v) is 11.8. The summed E-state index contributed by atoms with van der Waals surface area (Å²) in [5, 5.41) is 0.885. The third-order valence-electron chi connectivity index (χ3n) is 1.41. The highest BCUT2D eigenvalue weighted by Crippen LogP contribution is 2.30. The van der Waals surface area contributed by atoms with Crippen LogP contribution in [0.4, 0.5) is 0 Å². The highest BCUT2D eigenvalue weighted by molar-refractivity contribution is 9.11. The fourth-order valence-corrected chi connectivity index (χ4v) is 3.27. The van der Waals surface area contributed by atoms with Crippen LogP contribution in [0.15, 0.2) is 21.1 Å². The van der Waals surface area contributed by atoms with Crippen molar-refractivity contribution in [2.45, 2.75) is 0 Å². The molecule has 0 atom stereocenters. The van der Waals surface area contributed by atoms with Gasteiger partial charge in [0.1, 0.15) is 0 Å². The largest absolute Gasteiger partial charge is 0.293 e. The number of alkyl halides is 1. The zero-order chi connectivity index (χ0) is 10.0. The first-order valence-corrected chi connectivity index (χ1v) is 6.38. The summed E-state index contributed by atoms with van der Waals surface area (Å²) >= 11 is 15.5. The normalized spacial score (nSPS) is 10.2. The van der Waals surface area contributed by atoms with E-state index in [2.05, 4.69) is 47.8 Å². The maximum atomic E-state index is 11.4. The van der Waals surface area contributed by atoms with Gasteiger partial charge in [0.15, 0.2) is 5.78 Å². The molecule has 13 heavy (non-hydrogen) atoms. The van der Waals surface area contributed by atoms with Gasteiger partial charge in [0.25, 0.3) is 0 Å². The van der Waals surface area contributed by atoms with Gasteiger partial charge in [-0.05, 0) is 44.0 Å². The zero-order valence-electron chi connectivity index (χ0n) is 6.28. The van der Waals surface area contributed by atoms with Gasteiger partial charge < -0.3 is 0 Å². The molecular weight excluding hydrogens is 387 g/mol. The summed E-state index contributed by atoms with van der Waals surface area (Å²) in [5.41, 5.74) is 0.612. The Hall–Kier alpha value is 0.620. The Labute approximate surface area is 106 Å². The van der Waals surface area contributed by atoms with E-state index in [1.54, 1.807) is 12.1 Å². The Bertz CT molecular complexity index is 328. The average Bonchev–Trinajstić information content (AvgIpc) is 2.02. The van der Waals surface area contributed by atoms with Crippen molar-refractivity contribution in [3.8, 4) is 0 Å². The number of ketones is 1. The minimum absolute atomic E-state index is 0.00965. The third kappa shape index (κ3) is 2.78. The monoisotopic (exact) mass is 388 g/mol. The highest BCUT2D eigenvalue weighted by Gasteiger charge is 2.13. The predicted octanol–water partition coefficient (Wildman–Crippen LogP) is 4.44. The lowest BCUT2D eigenvalue weighted by molar-refractivity contribution is 0.102. The quantitative estimate of drug-likeness (QED) is 0.538. The smallest absolute Gasteiger partial charge is 0.175 e. The van der Waals surface area contributed by atoms with Gasteiger partial charge in [-0.25, -0.2) is 0 Å². The number of carbonyl (C=O) groups excluding carboxylic acids is 1. The Morgan fingerprint density at radius 3 is 2.15 bits per heavy atom. The maximum Gasteiger partial charge on any atom is 0.175 e. The lowest BCUT2D eigenvalue weighted by Crippen LogP contribution is -2.02. The summed E-state index contributed by atoms with van der Waals surface area (Å²) < 4.78 is 1.41. The molecule has 1 rings (SSSR count). The second kappa shape index (κ2) is 4.91. The van der Waals surface area contributed by atoms with Crippen LogP contribution in [-0.2, 0) is 0 Å². The molecule has 1 nitrogen and oxygen atoms in total. The molecule has 0 spiro atoms. The van der Waals surface area contributed by atoms with Gasteiger partial charge in [-0.15, -0.1) is 0 Å². The molecule has 0 radical (unpaired) electrons. The van der Waals surface area contributed by atoms with Crippen molar-refractivity contribution in [2.24, 2.45) is 0 Å². The molecule has 0 N–H and O–H groups in total. The van der Waals surface area contributed by atoms with E-state index in [4.69, 9.17) is 11.6 Å². The van der Waals surface area contributed by atoms with Crippen molar-refractivity contribution in [2.75, 3.05) is 5.33 Å². The summed E-state index contributed by atoms with van der Waals surface area (Å²) in [6.45, 7) is 0. The summed E-state index contributed by atoms with van der Waals surface area (Å²) in [5.74, 6) is 0.00965. The molecule has 0 fully saturated rings. The van der Waals surface area contributed by atoms with E-state index in [1.807, 2.05) is 0 Å². The van der Waals surface area contributed by atoms with Crippen LogP contribution < -0.4 is 0 Å². The van der Waals surface area contributed by atoms with Gasteiger partial charge in [0, 0.05) is 19.5 Å². The summed E-state index contributed by atoms with van der Waals surface area (Å²) in [7, 11) is 0. The van der Waals surface area contributed by atoms with Crippen molar-refractivity contribution in [1.82, 2.24) is 0 Å². The van der Waals surface area contributed by atoms with Crippen LogP contribution >= 0.6 is 59.4 Å². The lowest BCUT2D eigenvalue weighted by Gasteiger charge is -2.04. The molecule has 0 aliphatic rings. The minimum atomic E-state index is 0.00965. The molecule has 0 unspecified atom stereocenters. The van der Waals surface area contributed by atoms with Gasteiger partial charge in [0.2, 0.25) is 0 Å². The second-order valence-electron chi connectivity index (χ2n) is 2.30. The molecule has 0 saturated heterocycles. The minimum Gasteiger partial charge on any atom is -0.293 e. The molecule has 0 aliphatic heterocycles. The van der Waals surface area contributed by atoms with Crippen LogP contribution in [-0.4, -0.2) is 11.1 Å². The van der Waals surface area contributed by atoms with Gasteiger partial charge in [-0.2, -0.15) is 0 Å².